The Balaban J connectivity index is 1.38. The summed E-state index contributed by atoms with van der Waals surface area (Å²) < 4.78 is 5.21. The second-order valence-corrected chi connectivity index (χ2v) is 7.92. The Labute approximate surface area is 190 Å². The lowest BCUT2D eigenvalue weighted by Crippen LogP contribution is -2.13. The van der Waals surface area contributed by atoms with Gasteiger partial charge in [-0.15, -0.1) is 0 Å². The summed E-state index contributed by atoms with van der Waals surface area (Å²) in [7, 11) is 1.65. The Morgan fingerprint density at radius 3 is 2.47 bits per heavy atom. The lowest BCUT2D eigenvalue weighted by molar-refractivity contribution is 0.102. The summed E-state index contributed by atoms with van der Waals surface area (Å²) >= 11 is 1.54. The zero-order valence-electron chi connectivity index (χ0n) is 17.5. The number of hydrogen-bond acceptors (Lipinski definition) is 6. The lowest BCUT2D eigenvalue weighted by atomic mass is 10.1. The van der Waals surface area contributed by atoms with E-state index in [0.717, 1.165) is 22.6 Å². The van der Waals surface area contributed by atoms with Crippen LogP contribution in [-0.4, -0.2) is 23.0 Å². The van der Waals surface area contributed by atoms with E-state index in [0.29, 0.717) is 27.8 Å². The first-order valence-corrected chi connectivity index (χ1v) is 11.0. The highest BCUT2D eigenvalue weighted by molar-refractivity contribution is 7.98. The molecule has 7 heteroatoms. The molecule has 0 fully saturated rings. The highest BCUT2D eigenvalue weighted by Gasteiger charge is 2.09. The first-order chi connectivity index (χ1) is 15.6. The van der Waals surface area contributed by atoms with E-state index in [1.165, 1.54) is 0 Å². The molecule has 0 saturated carbocycles. The molecule has 0 atom stereocenters. The Bertz CT molecular complexity index is 1210. The number of nitrogens with two attached hydrogens (primary N) is 1. The van der Waals surface area contributed by atoms with Crippen molar-refractivity contribution in [1.82, 2.24) is 9.97 Å². The van der Waals surface area contributed by atoms with Crippen LogP contribution in [0.5, 0.6) is 5.75 Å². The van der Waals surface area contributed by atoms with Crippen molar-refractivity contribution >= 4 is 29.0 Å². The number of nitrogen functional groups attached to an aromatic ring is 1. The first-order valence-electron chi connectivity index (χ1n) is 9.97. The minimum atomic E-state index is -0.197. The molecule has 0 radical (unpaired) electrons. The molecule has 0 aliphatic heterocycles. The molecule has 0 aliphatic rings. The molecular weight excluding hydrogens is 420 g/mol. The molecule has 3 N–H and O–H groups in total. The number of benzene rings is 3. The highest BCUT2D eigenvalue weighted by Crippen LogP contribution is 2.25. The zero-order valence-corrected chi connectivity index (χ0v) is 18.3. The minimum absolute atomic E-state index is 0.197. The van der Waals surface area contributed by atoms with Crippen molar-refractivity contribution < 1.29 is 9.53 Å². The summed E-state index contributed by atoms with van der Waals surface area (Å²) in [6, 6.07) is 24.3. The van der Waals surface area contributed by atoms with Gasteiger partial charge in [0.05, 0.1) is 24.2 Å². The average Bonchev–Trinajstić information content (AvgIpc) is 2.85. The van der Waals surface area contributed by atoms with Crippen molar-refractivity contribution in [3.63, 3.8) is 0 Å². The second-order valence-electron chi connectivity index (χ2n) is 6.98. The van der Waals surface area contributed by atoms with E-state index in [4.69, 9.17) is 10.5 Å². The molecule has 4 aromatic rings. The van der Waals surface area contributed by atoms with Gasteiger partial charge in [-0.1, -0.05) is 36.0 Å². The van der Waals surface area contributed by atoms with Crippen molar-refractivity contribution in [2.75, 3.05) is 18.2 Å². The van der Waals surface area contributed by atoms with E-state index >= 15 is 0 Å². The summed E-state index contributed by atoms with van der Waals surface area (Å²) in [5, 5.41) is 3.53. The van der Waals surface area contributed by atoms with E-state index in [2.05, 4.69) is 15.3 Å². The van der Waals surface area contributed by atoms with Crippen LogP contribution in [0.15, 0.2) is 90.2 Å². The van der Waals surface area contributed by atoms with Gasteiger partial charge in [-0.2, -0.15) is 0 Å². The third-order valence-electron chi connectivity index (χ3n) is 4.81. The van der Waals surface area contributed by atoms with Crippen molar-refractivity contribution in [3.8, 4) is 17.0 Å². The van der Waals surface area contributed by atoms with Gasteiger partial charge in [-0.05, 0) is 60.2 Å². The summed E-state index contributed by atoms with van der Waals surface area (Å²) in [6.45, 7) is 0. The number of amides is 1. The zero-order chi connectivity index (χ0) is 22.3. The van der Waals surface area contributed by atoms with Crippen LogP contribution >= 0.6 is 11.8 Å². The SMILES string of the molecule is COc1ccc(-c2ccnc(SCc3ccc(C(=O)Nc4ccccc4N)cc3)n2)cc1. The molecule has 0 saturated heterocycles. The van der Waals surface area contributed by atoms with E-state index < -0.39 is 0 Å². The molecule has 3 aromatic carbocycles. The number of methoxy groups -OCH3 is 1. The van der Waals surface area contributed by atoms with Crippen molar-refractivity contribution in [3.05, 3.63) is 96.2 Å². The van der Waals surface area contributed by atoms with Crippen molar-refractivity contribution in [2.24, 2.45) is 0 Å². The number of hydrogen-bond donors (Lipinski definition) is 2. The van der Waals surface area contributed by atoms with Crippen LogP contribution in [0.2, 0.25) is 0 Å². The van der Waals surface area contributed by atoms with Crippen LogP contribution in [0.3, 0.4) is 0 Å². The van der Waals surface area contributed by atoms with Gasteiger partial charge in [0.25, 0.3) is 5.91 Å². The quantitative estimate of drug-likeness (QED) is 0.230. The summed E-state index contributed by atoms with van der Waals surface area (Å²) in [5.41, 5.74) is 10.5. The molecule has 32 heavy (non-hydrogen) atoms. The number of rotatable bonds is 7. The number of nitrogens with one attached hydrogen (secondary N) is 1. The molecule has 1 amide bonds. The maximum Gasteiger partial charge on any atom is 0.255 e. The van der Waals surface area contributed by atoms with Gasteiger partial charge in [-0.25, -0.2) is 9.97 Å². The second kappa shape index (κ2) is 9.98. The maximum absolute atomic E-state index is 12.5. The molecule has 160 valence electrons. The Morgan fingerprint density at radius 2 is 1.75 bits per heavy atom. The smallest absolute Gasteiger partial charge is 0.255 e. The van der Waals surface area contributed by atoms with Crippen LogP contribution in [0, 0.1) is 0 Å². The molecule has 1 aromatic heterocycles. The molecule has 0 unspecified atom stereocenters. The molecule has 0 aliphatic carbocycles. The Hall–Kier alpha value is -3.84. The van der Waals surface area contributed by atoms with Crippen LogP contribution in [0.25, 0.3) is 11.3 Å². The first kappa shape index (κ1) is 21.4. The highest BCUT2D eigenvalue weighted by atomic mass is 32.2. The largest absolute Gasteiger partial charge is 0.497 e. The summed E-state index contributed by atoms with van der Waals surface area (Å²) in [5.74, 6) is 1.30. The average molecular weight is 443 g/mol. The topological polar surface area (TPSA) is 90.1 Å². The third kappa shape index (κ3) is 5.25. The number of carbonyl (C=O) groups is 1. The predicted molar refractivity (Wildman–Crippen MR) is 129 cm³/mol. The molecule has 6 nitrogen and oxygen atoms in total. The predicted octanol–water partition coefficient (Wildman–Crippen LogP) is 5.28. The van der Waals surface area contributed by atoms with Gasteiger partial charge in [0.1, 0.15) is 5.75 Å². The molecule has 0 spiro atoms. The number of aromatic nitrogens is 2. The van der Waals surface area contributed by atoms with E-state index in [1.807, 2.05) is 54.6 Å². The fourth-order valence-corrected chi connectivity index (χ4v) is 3.82. The molecule has 1 heterocycles. The Morgan fingerprint density at radius 1 is 1.00 bits per heavy atom. The number of carbonyl (C=O) groups excluding carboxylic acids is 1. The number of anilines is 2. The van der Waals surface area contributed by atoms with E-state index in [9.17, 15) is 4.79 Å². The van der Waals surface area contributed by atoms with Crippen LogP contribution in [0.4, 0.5) is 11.4 Å². The van der Waals surface area contributed by atoms with Crippen LogP contribution in [0.1, 0.15) is 15.9 Å². The van der Waals surface area contributed by atoms with Gasteiger partial charge < -0.3 is 15.8 Å². The molecule has 4 rings (SSSR count). The third-order valence-corrected chi connectivity index (χ3v) is 5.74. The van der Waals surface area contributed by atoms with Crippen LogP contribution in [-0.2, 0) is 5.75 Å². The van der Waals surface area contributed by atoms with Gasteiger partial charge in [0, 0.05) is 23.1 Å². The van der Waals surface area contributed by atoms with Crippen molar-refractivity contribution in [1.29, 1.82) is 0 Å². The fraction of sp³-hybridized carbons (Fsp3) is 0.0800. The van der Waals surface area contributed by atoms with Crippen LogP contribution < -0.4 is 15.8 Å². The number of nitrogens with zero attached hydrogens (tertiary/aromatic N) is 2. The maximum atomic E-state index is 12.5. The van der Waals surface area contributed by atoms with Gasteiger partial charge in [-0.3, -0.25) is 4.79 Å². The number of ether oxygens (including phenoxy) is 1. The van der Waals surface area contributed by atoms with Gasteiger partial charge >= 0.3 is 0 Å². The van der Waals surface area contributed by atoms with Gasteiger partial charge in [0.2, 0.25) is 0 Å². The summed E-state index contributed by atoms with van der Waals surface area (Å²) in [6.07, 6.45) is 1.76. The molecular formula is C25H22N4O2S. The molecule has 0 bridgehead atoms. The Kier molecular flexibility index (Phi) is 6.67. The van der Waals surface area contributed by atoms with E-state index in [1.54, 1.807) is 49.3 Å². The monoisotopic (exact) mass is 442 g/mol. The summed E-state index contributed by atoms with van der Waals surface area (Å²) in [4.78, 5) is 21.5. The standard InChI is InChI=1S/C25H22N4O2S/c1-31-20-12-10-18(11-13-20)22-14-15-27-25(29-22)32-16-17-6-8-19(9-7-17)24(30)28-23-5-3-2-4-21(23)26/h2-15H,16,26H2,1H3,(H,28,30). The minimum Gasteiger partial charge on any atom is -0.497 e. The number of para-hydroxylation sites is 2. The lowest BCUT2D eigenvalue weighted by Gasteiger charge is -2.08. The van der Waals surface area contributed by atoms with Crippen molar-refractivity contribution in [2.45, 2.75) is 10.9 Å². The normalized spacial score (nSPS) is 10.5. The van der Waals surface area contributed by atoms with Gasteiger partial charge in [0.15, 0.2) is 5.16 Å². The van der Waals surface area contributed by atoms with E-state index in [-0.39, 0.29) is 5.91 Å². The number of thioether (sulfide) groups is 1. The fourth-order valence-electron chi connectivity index (χ4n) is 3.04.